The Morgan fingerprint density at radius 3 is 2.50 bits per heavy atom. The maximum atomic E-state index is 10.1. The van der Waals surface area contributed by atoms with Crippen LogP contribution in [0, 0.1) is 0 Å². The van der Waals surface area contributed by atoms with Crippen LogP contribution in [0.15, 0.2) is 6.07 Å². The van der Waals surface area contributed by atoms with Crippen LogP contribution in [0.2, 0.25) is 0 Å². The van der Waals surface area contributed by atoms with Gasteiger partial charge in [-0.05, 0) is 13.3 Å². The summed E-state index contributed by atoms with van der Waals surface area (Å²) in [5.74, 6) is 2.33. The number of hydrogen-bond acceptors (Lipinski definition) is 5. The van der Waals surface area contributed by atoms with E-state index in [1.165, 1.54) is 0 Å². The van der Waals surface area contributed by atoms with Crippen LogP contribution >= 0.6 is 0 Å². The normalized spacial score (nSPS) is 14.1. The third kappa shape index (κ3) is 4.49. The lowest BCUT2D eigenvalue weighted by molar-refractivity contribution is 0.0636. The van der Waals surface area contributed by atoms with Crippen LogP contribution in [-0.2, 0) is 6.42 Å². The van der Waals surface area contributed by atoms with E-state index in [1.807, 2.05) is 27.0 Å². The lowest BCUT2D eigenvalue weighted by Crippen LogP contribution is -2.33. The van der Waals surface area contributed by atoms with Gasteiger partial charge in [-0.1, -0.05) is 20.3 Å². The molecule has 18 heavy (non-hydrogen) atoms. The van der Waals surface area contributed by atoms with Crippen molar-refractivity contribution in [3.63, 3.8) is 0 Å². The van der Waals surface area contributed by atoms with E-state index < -0.39 is 5.60 Å². The van der Waals surface area contributed by atoms with E-state index >= 15 is 0 Å². The van der Waals surface area contributed by atoms with Gasteiger partial charge in [0.15, 0.2) is 0 Å². The molecule has 0 saturated heterocycles. The molecule has 1 rings (SSSR count). The van der Waals surface area contributed by atoms with Crippen molar-refractivity contribution in [2.24, 2.45) is 0 Å². The summed E-state index contributed by atoms with van der Waals surface area (Å²) in [6.45, 7) is 6.41. The first-order valence-electron chi connectivity index (χ1n) is 6.52. The molecule has 5 nitrogen and oxygen atoms in total. The standard InChI is InChI=1S/C13H24N4O/c1-5-7-13(3,18)9-15-12-8-11(14-4)16-10(6-2)17-12/h8,18H,5-7,9H2,1-4H3,(H2,14,15,16,17). The maximum absolute atomic E-state index is 10.1. The molecule has 0 aliphatic carbocycles. The van der Waals surface area contributed by atoms with Gasteiger partial charge in [0, 0.05) is 26.1 Å². The van der Waals surface area contributed by atoms with Crippen molar-refractivity contribution >= 4 is 11.6 Å². The van der Waals surface area contributed by atoms with Crippen LogP contribution in [-0.4, -0.2) is 34.3 Å². The summed E-state index contributed by atoms with van der Waals surface area (Å²) in [4.78, 5) is 8.72. The molecule has 1 unspecified atom stereocenters. The van der Waals surface area contributed by atoms with Gasteiger partial charge in [0.05, 0.1) is 5.60 Å². The Labute approximate surface area is 109 Å². The van der Waals surface area contributed by atoms with Crippen LogP contribution in [0.25, 0.3) is 0 Å². The van der Waals surface area contributed by atoms with Gasteiger partial charge in [0.1, 0.15) is 17.5 Å². The van der Waals surface area contributed by atoms with Gasteiger partial charge in [-0.25, -0.2) is 9.97 Å². The van der Waals surface area contributed by atoms with E-state index in [4.69, 9.17) is 0 Å². The lowest BCUT2D eigenvalue weighted by atomic mass is 10.0. The van der Waals surface area contributed by atoms with E-state index in [0.29, 0.717) is 6.54 Å². The second kappa shape index (κ2) is 6.54. The first-order valence-corrected chi connectivity index (χ1v) is 6.52. The largest absolute Gasteiger partial charge is 0.388 e. The lowest BCUT2D eigenvalue weighted by Gasteiger charge is -2.23. The van der Waals surface area contributed by atoms with Gasteiger partial charge < -0.3 is 15.7 Å². The minimum absolute atomic E-state index is 0.490. The first-order chi connectivity index (χ1) is 8.50. The van der Waals surface area contributed by atoms with Crippen molar-refractivity contribution in [3.05, 3.63) is 11.9 Å². The molecule has 102 valence electrons. The summed E-state index contributed by atoms with van der Waals surface area (Å²) in [5.41, 5.74) is -0.702. The molecule has 5 heteroatoms. The fourth-order valence-electron chi connectivity index (χ4n) is 1.78. The van der Waals surface area contributed by atoms with Gasteiger partial charge >= 0.3 is 0 Å². The quantitative estimate of drug-likeness (QED) is 0.693. The van der Waals surface area contributed by atoms with Crippen molar-refractivity contribution in [2.75, 3.05) is 24.2 Å². The first kappa shape index (κ1) is 14.7. The number of aryl methyl sites for hydroxylation is 1. The number of nitrogens with zero attached hydrogens (tertiary/aromatic N) is 2. The van der Waals surface area contributed by atoms with Crippen molar-refractivity contribution in [1.29, 1.82) is 0 Å². The van der Waals surface area contributed by atoms with Crippen LogP contribution < -0.4 is 10.6 Å². The van der Waals surface area contributed by atoms with E-state index in [-0.39, 0.29) is 0 Å². The number of rotatable bonds is 7. The molecule has 0 aromatic carbocycles. The molecule has 0 bridgehead atoms. The van der Waals surface area contributed by atoms with E-state index in [0.717, 1.165) is 36.7 Å². The molecule has 0 fully saturated rings. The molecular formula is C13H24N4O. The zero-order chi connectivity index (χ0) is 13.6. The molecule has 3 N–H and O–H groups in total. The number of aliphatic hydroxyl groups is 1. The molecule has 0 aliphatic rings. The fraction of sp³-hybridized carbons (Fsp3) is 0.692. The van der Waals surface area contributed by atoms with Gasteiger partial charge in [-0.15, -0.1) is 0 Å². The molecule has 0 radical (unpaired) electrons. The van der Waals surface area contributed by atoms with Crippen LogP contribution in [0.4, 0.5) is 11.6 Å². The Hall–Kier alpha value is -1.36. The number of hydrogen-bond donors (Lipinski definition) is 3. The molecule has 1 aromatic rings. The average molecular weight is 252 g/mol. The van der Waals surface area contributed by atoms with Crippen molar-refractivity contribution in [1.82, 2.24) is 9.97 Å². The average Bonchev–Trinajstić information content (AvgIpc) is 2.36. The third-order valence-electron chi connectivity index (χ3n) is 2.78. The van der Waals surface area contributed by atoms with Crippen molar-refractivity contribution < 1.29 is 5.11 Å². The minimum atomic E-state index is -0.702. The summed E-state index contributed by atoms with van der Waals surface area (Å²) in [5, 5.41) is 16.3. The predicted molar refractivity (Wildman–Crippen MR) is 75.0 cm³/mol. The summed E-state index contributed by atoms with van der Waals surface area (Å²) in [7, 11) is 1.83. The highest BCUT2D eigenvalue weighted by Gasteiger charge is 2.18. The summed E-state index contributed by atoms with van der Waals surface area (Å²) < 4.78 is 0. The van der Waals surface area contributed by atoms with Crippen LogP contribution in [0.3, 0.4) is 0 Å². The number of anilines is 2. The van der Waals surface area contributed by atoms with Gasteiger partial charge in [0.2, 0.25) is 0 Å². The van der Waals surface area contributed by atoms with Crippen LogP contribution in [0.5, 0.6) is 0 Å². The highest BCUT2D eigenvalue weighted by Crippen LogP contribution is 2.15. The Morgan fingerprint density at radius 1 is 1.28 bits per heavy atom. The molecule has 0 aliphatic heterocycles. The van der Waals surface area contributed by atoms with Crippen molar-refractivity contribution in [3.8, 4) is 0 Å². The number of nitrogens with one attached hydrogen (secondary N) is 2. The predicted octanol–water partition coefficient (Wildman–Crippen LogP) is 2.04. The van der Waals surface area contributed by atoms with E-state index in [1.54, 1.807) is 0 Å². The fourth-order valence-corrected chi connectivity index (χ4v) is 1.78. The Balaban J connectivity index is 2.72. The Morgan fingerprint density at radius 2 is 1.94 bits per heavy atom. The van der Waals surface area contributed by atoms with Crippen LogP contribution in [0.1, 0.15) is 39.4 Å². The van der Waals surface area contributed by atoms with Crippen molar-refractivity contribution in [2.45, 2.75) is 45.6 Å². The molecule has 0 spiro atoms. The highest BCUT2D eigenvalue weighted by molar-refractivity contribution is 5.47. The third-order valence-corrected chi connectivity index (χ3v) is 2.78. The minimum Gasteiger partial charge on any atom is -0.388 e. The Kier molecular flexibility index (Phi) is 5.34. The second-order valence-corrected chi connectivity index (χ2v) is 4.76. The monoisotopic (exact) mass is 252 g/mol. The summed E-state index contributed by atoms with van der Waals surface area (Å²) >= 11 is 0. The highest BCUT2D eigenvalue weighted by atomic mass is 16.3. The van der Waals surface area contributed by atoms with Gasteiger partial charge in [-0.3, -0.25) is 0 Å². The zero-order valence-electron chi connectivity index (χ0n) is 11.7. The summed E-state index contributed by atoms with van der Waals surface area (Å²) in [6.07, 6.45) is 2.51. The number of aromatic nitrogens is 2. The topological polar surface area (TPSA) is 70.1 Å². The SMILES string of the molecule is CCCC(C)(O)CNc1cc(NC)nc(CC)n1. The smallest absolute Gasteiger partial charge is 0.132 e. The molecule has 0 saturated carbocycles. The zero-order valence-corrected chi connectivity index (χ0v) is 11.7. The molecular weight excluding hydrogens is 228 g/mol. The Bertz CT molecular complexity index is 357. The molecule has 0 amide bonds. The molecule has 1 heterocycles. The maximum Gasteiger partial charge on any atom is 0.132 e. The summed E-state index contributed by atoms with van der Waals surface area (Å²) in [6, 6.07) is 1.85. The molecule has 1 atom stereocenters. The van der Waals surface area contributed by atoms with Gasteiger partial charge in [-0.2, -0.15) is 0 Å². The van der Waals surface area contributed by atoms with E-state index in [9.17, 15) is 5.11 Å². The molecule has 1 aromatic heterocycles. The van der Waals surface area contributed by atoms with Gasteiger partial charge in [0.25, 0.3) is 0 Å². The van der Waals surface area contributed by atoms with E-state index in [2.05, 4.69) is 27.5 Å². The second-order valence-electron chi connectivity index (χ2n) is 4.76.